The predicted octanol–water partition coefficient (Wildman–Crippen LogP) is 3.22. The van der Waals surface area contributed by atoms with E-state index in [-0.39, 0.29) is 12.1 Å². The van der Waals surface area contributed by atoms with Gasteiger partial charge in [0.15, 0.2) is 0 Å². The number of rotatable bonds is 2. The average Bonchev–Trinajstić information content (AvgIpc) is 2.37. The molecule has 2 unspecified atom stereocenters. The number of hydrogen-bond donors (Lipinski definition) is 1. The van der Waals surface area contributed by atoms with Crippen LogP contribution < -0.4 is 0 Å². The van der Waals surface area contributed by atoms with Crippen LogP contribution in [0.3, 0.4) is 0 Å². The summed E-state index contributed by atoms with van der Waals surface area (Å²) < 4.78 is 37.4. The zero-order valence-corrected chi connectivity index (χ0v) is 10.8. The van der Waals surface area contributed by atoms with E-state index in [1.807, 2.05) is 6.92 Å². The van der Waals surface area contributed by atoms with Crippen molar-refractivity contribution in [2.75, 3.05) is 13.1 Å². The molecule has 0 spiro atoms. The molecule has 0 saturated carbocycles. The first-order valence-electron chi connectivity index (χ1n) is 6.47. The molecule has 2 nitrogen and oxygen atoms in total. The molecule has 1 heterocycles. The van der Waals surface area contributed by atoms with Gasteiger partial charge in [0.05, 0.1) is 11.7 Å². The summed E-state index contributed by atoms with van der Waals surface area (Å²) in [5, 5.41) is 9.64. The lowest BCUT2D eigenvalue weighted by molar-refractivity contribution is -0.137. The van der Waals surface area contributed by atoms with Gasteiger partial charge in [0.25, 0.3) is 0 Å². The van der Waals surface area contributed by atoms with Crippen LogP contribution in [0.15, 0.2) is 24.3 Å². The van der Waals surface area contributed by atoms with E-state index in [0.717, 1.165) is 37.1 Å². The Morgan fingerprint density at radius 2 is 1.89 bits per heavy atom. The second-order valence-electron chi connectivity index (χ2n) is 5.09. The van der Waals surface area contributed by atoms with Crippen molar-refractivity contribution in [3.8, 4) is 0 Å². The van der Waals surface area contributed by atoms with Crippen LogP contribution in [0.4, 0.5) is 13.2 Å². The lowest BCUT2D eigenvalue weighted by Gasteiger charge is -2.35. The average molecular weight is 273 g/mol. The molecule has 0 aromatic heterocycles. The highest BCUT2D eigenvalue weighted by atomic mass is 19.4. The molecule has 1 aromatic carbocycles. The number of nitrogens with zero attached hydrogens (tertiary/aromatic N) is 1. The Morgan fingerprint density at radius 1 is 1.26 bits per heavy atom. The topological polar surface area (TPSA) is 23.5 Å². The van der Waals surface area contributed by atoms with Gasteiger partial charge in [-0.15, -0.1) is 0 Å². The molecule has 19 heavy (non-hydrogen) atoms. The predicted molar refractivity (Wildman–Crippen MR) is 66.7 cm³/mol. The molecule has 106 valence electrons. The minimum absolute atomic E-state index is 0.0252. The third-order valence-electron chi connectivity index (χ3n) is 3.70. The monoisotopic (exact) mass is 273 g/mol. The molecule has 2 rings (SSSR count). The van der Waals surface area contributed by atoms with E-state index in [9.17, 15) is 18.3 Å². The van der Waals surface area contributed by atoms with Crippen molar-refractivity contribution in [3.05, 3.63) is 35.4 Å². The first-order chi connectivity index (χ1) is 8.88. The third-order valence-corrected chi connectivity index (χ3v) is 3.70. The van der Waals surface area contributed by atoms with Crippen LogP contribution in [0.25, 0.3) is 0 Å². The standard InChI is InChI=1S/C14H18F3NO/c1-10(18-8-2-3-13(19)9-18)11-4-6-12(7-5-11)14(15,16)17/h4-7,10,13,19H,2-3,8-9H2,1H3. The van der Waals surface area contributed by atoms with Crippen molar-refractivity contribution in [1.29, 1.82) is 0 Å². The van der Waals surface area contributed by atoms with E-state index >= 15 is 0 Å². The Kier molecular flexibility index (Phi) is 4.16. The van der Waals surface area contributed by atoms with Crippen LogP contribution >= 0.6 is 0 Å². The van der Waals surface area contributed by atoms with Crippen molar-refractivity contribution in [2.24, 2.45) is 0 Å². The minimum atomic E-state index is -4.29. The van der Waals surface area contributed by atoms with Gasteiger partial charge in [-0.2, -0.15) is 13.2 Å². The number of piperidine rings is 1. The lowest BCUT2D eigenvalue weighted by Crippen LogP contribution is -2.39. The number of benzene rings is 1. The van der Waals surface area contributed by atoms with Crippen LogP contribution in [0, 0.1) is 0 Å². The van der Waals surface area contributed by atoms with Crippen LogP contribution in [-0.4, -0.2) is 29.2 Å². The Balaban J connectivity index is 2.09. The lowest BCUT2D eigenvalue weighted by atomic mass is 10.0. The summed E-state index contributed by atoms with van der Waals surface area (Å²) in [6.07, 6.45) is -2.89. The number of halogens is 3. The molecule has 5 heteroatoms. The maximum atomic E-state index is 12.5. The first-order valence-corrected chi connectivity index (χ1v) is 6.47. The van der Waals surface area contributed by atoms with Crippen LogP contribution in [0.1, 0.15) is 36.9 Å². The molecule has 1 N–H and O–H groups in total. The fraction of sp³-hybridized carbons (Fsp3) is 0.571. The summed E-state index contributed by atoms with van der Waals surface area (Å²) in [7, 11) is 0. The Hall–Kier alpha value is -1.07. The molecule has 0 radical (unpaired) electrons. The molecular weight excluding hydrogens is 255 g/mol. The van der Waals surface area contributed by atoms with Gasteiger partial charge in [0, 0.05) is 12.6 Å². The number of hydrogen-bond acceptors (Lipinski definition) is 2. The zero-order chi connectivity index (χ0) is 14.0. The van der Waals surface area contributed by atoms with Crippen molar-refractivity contribution >= 4 is 0 Å². The van der Waals surface area contributed by atoms with E-state index in [1.165, 1.54) is 12.1 Å². The van der Waals surface area contributed by atoms with Crippen molar-refractivity contribution in [2.45, 2.75) is 38.1 Å². The van der Waals surface area contributed by atoms with Crippen molar-refractivity contribution in [3.63, 3.8) is 0 Å². The zero-order valence-electron chi connectivity index (χ0n) is 10.8. The van der Waals surface area contributed by atoms with Gasteiger partial charge in [-0.25, -0.2) is 0 Å². The summed E-state index contributed by atoms with van der Waals surface area (Å²) in [5.74, 6) is 0. The minimum Gasteiger partial charge on any atom is -0.392 e. The van der Waals surface area contributed by atoms with Crippen LogP contribution in [0.2, 0.25) is 0 Å². The Bertz CT molecular complexity index is 416. The van der Waals surface area contributed by atoms with Gasteiger partial charge in [-0.05, 0) is 44.0 Å². The number of alkyl halides is 3. The van der Waals surface area contributed by atoms with E-state index in [1.54, 1.807) is 0 Å². The molecule has 2 atom stereocenters. The van der Waals surface area contributed by atoms with Gasteiger partial charge in [0.2, 0.25) is 0 Å². The van der Waals surface area contributed by atoms with Crippen LogP contribution in [0.5, 0.6) is 0 Å². The highest BCUT2D eigenvalue weighted by Gasteiger charge is 2.30. The first kappa shape index (κ1) is 14.3. The number of β-amino-alcohol motifs (C(OH)–C–C–N with tert-alkyl or cyclic N) is 1. The Morgan fingerprint density at radius 3 is 2.42 bits per heavy atom. The summed E-state index contributed by atoms with van der Waals surface area (Å²) >= 11 is 0. The molecular formula is C14H18F3NO. The summed E-state index contributed by atoms with van der Waals surface area (Å²) in [6.45, 7) is 3.42. The van der Waals surface area contributed by atoms with Gasteiger partial charge in [0.1, 0.15) is 0 Å². The van der Waals surface area contributed by atoms with E-state index in [4.69, 9.17) is 0 Å². The quantitative estimate of drug-likeness (QED) is 0.894. The molecule has 1 fully saturated rings. The summed E-state index contributed by atoms with van der Waals surface area (Å²) in [5.41, 5.74) is 0.226. The SMILES string of the molecule is CC(c1ccc(C(F)(F)F)cc1)N1CCCC(O)C1. The molecule has 1 aliphatic rings. The maximum absolute atomic E-state index is 12.5. The Labute approximate surface area is 110 Å². The smallest absolute Gasteiger partial charge is 0.392 e. The highest BCUT2D eigenvalue weighted by molar-refractivity contribution is 5.26. The van der Waals surface area contributed by atoms with Gasteiger partial charge < -0.3 is 5.11 Å². The fourth-order valence-electron chi connectivity index (χ4n) is 2.50. The fourth-order valence-corrected chi connectivity index (χ4v) is 2.50. The molecule has 0 aliphatic carbocycles. The third kappa shape index (κ3) is 3.48. The second-order valence-corrected chi connectivity index (χ2v) is 5.09. The molecule has 1 saturated heterocycles. The molecule has 0 bridgehead atoms. The highest BCUT2D eigenvalue weighted by Crippen LogP contribution is 2.31. The normalized spacial score (nSPS) is 23.3. The van der Waals surface area contributed by atoms with Gasteiger partial charge in [-0.3, -0.25) is 4.90 Å². The number of likely N-dealkylation sites (tertiary alicyclic amines) is 1. The van der Waals surface area contributed by atoms with Crippen LogP contribution in [-0.2, 0) is 6.18 Å². The van der Waals surface area contributed by atoms with Crippen molar-refractivity contribution in [1.82, 2.24) is 4.90 Å². The maximum Gasteiger partial charge on any atom is 0.416 e. The second kappa shape index (κ2) is 5.51. The largest absolute Gasteiger partial charge is 0.416 e. The van der Waals surface area contributed by atoms with E-state index in [2.05, 4.69) is 4.90 Å². The summed E-state index contributed by atoms with van der Waals surface area (Å²) in [4.78, 5) is 2.11. The number of aliphatic hydroxyl groups is 1. The number of aliphatic hydroxyl groups excluding tert-OH is 1. The van der Waals surface area contributed by atoms with Crippen molar-refractivity contribution < 1.29 is 18.3 Å². The van der Waals surface area contributed by atoms with Gasteiger partial charge >= 0.3 is 6.18 Å². The van der Waals surface area contributed by atoms with E-state index < -0.39 is 11.7 Å². The molecule has 1 aliphatic heterocycles. The van der Waals surface area contributed by atoms with Gasteiger partial charge in [-0.1, -0.05) is 12.1 Å². The molecule has 1 aromatic rings. The summed E-state index contributed by atoms with van der Waals surface area (Å²) in [6, 6.07) is 5.30. The van der Waals surface area contributed by atoms with E-state index in [0.29, 0.717) is 6.54 Å². The molecule has 0 amide bonds.